The van der Waals surface area contributed by atoms with Gasteiger partial charge in [0.2, 0.25) is 0 Å². The first kappa shape index (κ1) is 9.04. The molecule has 1 aromatic heterocycles. The van der Waals surface area contributed by atoms with Gasteiger partial charge in [-0.05, 0) is 12.0 Å². The van der Waals surface area contributed by atoms with Gasteiger partial charge in [0.05, 0.1) is 0 Å². The summed E-state index contributed by atoms with van der Waals surface area (Å²) in [6, 6.07) is 1.94. The predicted octanol–water partition coefficient (Wildman–Crippen LogP) is 3.08. The van der Waals surface area contributed by atoms with Crippen LogP contribution in [0.2, 0.25) is 0 Å². The number of aromatic nitrogens is 1. The van der Waals surface area contributed by atoms with Gasteiger partial charge in [-0.1, -0.05) is 32.5 Å². The van der Waals surface area contributed by atoms with Crippen LogP contribution in [-0.2, 0) is 0 Å². The normalized spacial score (nSPS) is 13.3. The summed E-state index contributed by atoms with van der Waals surface area (Å²) in [4.78, 5) is 0. The van der Waals surface area contributed by atoms with Gasteiger partial charge in [0.25, 0.3) is 0 Å². The molecule has 1 aromatic rings. The topological polar surface area (TPSA) is 26.0 Å². The zero-order chi connectivity index (χ0) is 9.14. The fourth-order valence-electron chi connectivity index (χ4n) is 0.943. The van der Waals surface area contributed by atoms with E-state index in [1.165, 1.54) is 0 Å². The van der Waals surface area contributed by atoms with Gasteiger partial charge in [-0.25, -0.2) is 0 Å². The highest BCUT2D eigenvalue weighted by Gasteiger charge is 2.14. The standard InChI is InChI=1S/C10H15NO/c1-5-9-6-10(12-11-9)8(4)7(2)3/h5-8H,1H2,2-4H3. The van der Waals surface area contributed by atoms with E-state index in [0.29, 0.717) is 11.8 Å². The molecular weight excluding hydrogens is 150 g/mol. The van der Waals surface area contributed by atoms with Crippen molar-refractivity contribution in [3.63, 3.8) is 0 Å². The molecule has 1 heterocycles. The van der Waals surface area contributed by atoms with E-state index < -0.39 is 0 Å². The number of nitrogens with zero attached hydrogens (tertiary/aromatic N) is 1. The molecule has 66 valence electrons. The Morgan fingerprint density at radius 2 is 2.17 bits per heavy atom. The fourth-order valence-corrected chi connectivity index (χ4v) is 0.943. The van der Waals surface area contributed by atoms with Crippen LogP contribution in [0.4, 0.5) is 0 Å². The largest absolute Gasteiger partial charge is 0.361 e. The molecule has 0 fully saturated rings. The van der Waals surface area contributed by atoms with Crippen LogP contribution in [0.5, 0.6) is 0 Å². The van der Waals surface area contributed by atoms with Gasteiger partial charge in [0.1, 0.15) is 11.5 Å². The summed E-state index contributed by atoms with van der Waals surface area (Å²) in [5.74, 6) is 1.95. The molecule has 0 aromatic carbocycles. The molecule has 2 nitrogen and oxygen atoms in total. The van der Waals surface area contributed by atoms with E-state index in [4.69, 9.17) is 4.52 Å². The van der Waals surface area contributed by atoms with Crippen molar-refractivity contribution in [1.29, 1.82) is 0 Å². The van der Waals surface area contributed by atoms with E-state index in [-0.39, 0.29) is 0 Å². The van der Waals surface area contributed by atoms with E-state index >= 15 is 0 Å². The highest BCUT2D eigenvalue weighted by molar-refractivity contribution is 5.40. The molecule has 0 radical (unpaired) electrons. The van der Waals surface area contributed by atoms with Crippen LogP contribution >= 0.6 is 0 Å². The molecule has 1 rings (SSSR count). The SMILES string of the molecule is C=Cc1cc(C(C)C(C)C)on1. The number of hydrogen-bond acceptors (Lipinski definition) is 2. The van der Waals surface area contributed by atoms with Gasteiger partial charge in [-0.15, -0.1) is 0 Å². The second kappa shape index (κ2) is 3.57. The summed E-state index contributed by atoms with van der Waals surface area (Å²) in [6.45, 7) is 10.1. The van der Waals surface area contributed by atoms with Gasteiger partial charge < -0.3 is 4.52 Å². The monoisotopic (exact) mass is 165 g/mol. The molecule has 0 bridgehead atoms. The average Bonchev–Trinajstić information content (AvgIpc) is 2.50. The molecule has 12 heavy (non-hydrogen) atoms. The zero-order valence-electron chi connectivity index (χ0n) is 7.87. The second-order valence-electron chi connectivity index (χ2n) is 3.39. The number of rotatable bonds is 3. The first-order valence-electron chi connectivity index (χ1n) is 4.24. The maximum atomic E-state index is 5.16. The predicted molar refractivity (Wildman–Crippen MR) is 49.8 cm³/mol. The van der Waals surface area contributed by atoms with Crippen LogP contribution in [0.3, 0.4) is 0 Å². The summed E-state index contributed by atoms with van der Waals surface area (Å²) in [7, 11) is 0. The van der Waals surface area contributed by atoms with Crippen molar-refractivity contribution in [2.24, 2.45) is 5.92 Å². The molecule has 0 saturated carbocycles. The Hall–Kier alpha value is -1.05. The lowest BCUT2D eigenvalue weighted by molar-refractivity contribution is 0.338. The lowest BCUT2D eigenvalue weighted by Gasteiger charge is -2.10. The van der Waals surface area contributed by atoms with Gasteiger partial charge in [0.15, 0.2) is 0 Å². The van der Waals surface area contributed by atoms with Gasteiger partial charge in [0, 0.05) is 12.0 Å². The summed E-state index contributed by atoms with van der Waals surface area (Å²) in [6.07, 6.45) is 1.69. The number of hydrogen-bond donors (Lipinski definition) is 0. The Kier molecular flexibility index (Phi) is 2.69. The molecule has 0 spiro atoms. The molecule has 0 aliphatic heterocycles. The van der Waals surface area contributed by atoms with Gasteiger partial charge >= 0.3 is 0 Å². The van der Waals surface area contributed by atoms with E-state index in [2.05, 4.69) is 32.5 Å². The van der Waals surface area contributed by atoms with Crippen LogP contribution < -0.4 is 0 Å². The maximum Gasteiger partial charge on any atom is 0.140 e. The quantitative estimate of drug-likeness (QED) is 0.688. The van der Waals surface area contributed by atoms with Crippen molar-refractivity contribution in [2.75, 3.05) is 0 Å². The van der Waals surface area contributed by atoms with Gasteiger partial charge in [-0.2, -0.15) is 0 Å². The van der Waals surface area contributed by atoms with Crippen LogP contribution in [0.15, 0.2) is 17.2 Å². The fraction of sp³-hybridized carbons (Fsp3) is 0.500. The highest BCUT2D eigenvalue weighted by Crippen LogP contribution is 2.24. The summed E-state index contributed by atoms with van der Waals surface area (Å²) in [5, 5.41) is 3.85. The van der Waals surface area contributed by atoms with Crippen LogP contribution in [-0.4, -0.2) is 5.16 Å². The molecule has 1 atom stereocenters. The molecule has 0 saturated heterocycles. The molecule has 0 N–H and O–H groups in total. The smallest absolute Gasteiger partial charge is 0.140 e. The van der Waals surface area contributed by atoms with Crippen LogP contribution in [0.1, 0.15) is 38.1 Å². The Morgan fingerprint density at radius 3 is 2.58 bits per heavy atom. The second-order valence-corrected chi connectivity index (χ2v) is 3.39. The van der Waals surface area contributed by atoms with Crippen molar-refractivity contribution in [3.8, 4) is 0 Å². The minimum atomic E-state index is 0.422. The molecule has 1 unspecified atom stereocenters. The first-order chi connectivity index (χ1) is 5.65. The highest BCUT2D eigenvalue weighted by atomic mass is 16.5. The van der Waals surface area contributed by atoms with Crippen molar-refractivity contribution in [3.05, 3.63) is 24.1 Å². The lowest BCUT2D eigenvalue weighted by Crippen LogP contribution is -1.99. The lowest BCUT2D eigenvalue weighted by atomic mass is 9.95. The maximum absolute atomic E-state index is 5.16. The Morgan fingerprint density at radius 1 is 1.50 bits per heavy atom. The molecule has 2 heteroatoms. The van der Waals surface area contributed by atoms with Crippen molar-refractivity contribution < 1.29 is 4.52 Å². The van der Waals surface area contributed by atoms with E-state index in [1.807, 2.05) is 6.07 Å². The average molecular weight is 165 g/mol. The van der Waals surface area contributed by atoms with Crippen molar-refractivity contribution in [1.82, 2.24) is 5.16 Å². The molecular formula is C10H15NO. The third-order valence-corrected chi connectivity index (χ3v) is 2.20. The van der Waals surface area contributed by atoms with Crippen molar-refractivity contribution >= 4 is 6.08 Å². The molecule has 0 aliphatic carbocycles. The first-order valence-corrected chi connectivity index (χ1v) is 4.24. The van der Waals surface area contributed by atoms with Gasteiger partial charge in [-0.3, -0.25) is 0 Å². The van der Waals surface area contributed by atoms with Crippen LogP contribution in [0.25, 0.3) is 6.08 Å². The molecule has 0 amide bonds. The molecule has 0 aliphatic rings. The Labute approximate surface area is 73.3 Å². The summed E-state index contributed by atoms with van der Waals surface area (Å²) >= 11 is 0. The van der Waals surface area contributed by atoms with E-state index in [9.17, 15) is 0 Å². The Bertz CT molecular complexity index is 263. The van der Waals surface area contributed by atoms with Crippen molar-refractivity contribution in [2.45, 2.75) is 26.7 Å². The summed E-state index contributed by atoms with van der Waals surface area (Å²) in [5.41, 5.74) is 0.817. The van der Waals surface area contributed by atoms with Crippen LogP contribution in [0, 0.1) is 5.92 Å². The minimum absolute atomic E-state index is 0.422. The van der Waals surface area contributed by atoms with E-state index in [1.54, 1.807) is 6.08 Å². The summed E-state index contributed by atoms with van der Waals surface area (Å²) < 4.78 is 5.16. The minimum Gasteiger partial charge on any atom is -0.361 e. The van der Waals surface area contributed by atoms with E-state index in [0.717, 1.165) is 11.5 Å². The Balaban J connectivity index is 2.81. The zero-order valence-corrected chi connectivity index (χ0v) is 7.87. The third kappa shape index (κ3) is 1.76. The third-order valence-electron chi connectivity index (χ3n) is 2.20.